The molecule has 0 bridgehead atoms. The van der Waals surface area contributed by atoms with Gasteiger partial charge in [0.05, 0.1) is 5.56 Å². The number of carboxylic acid groups (broad SMARTS) is 1. The molecule has 0 fully saturated rings. The van der Waals surface area contributed by atoms with Crippen LogP contribution in [-0.2, 0) is 10.0 Å². The summed E-state index contributed by atoms with van der Waals surface area (Å²) in [5, 5.41) is 14.1. The first-order chi connectivity index (χ1) is 7.39. The van der Waals surface area contributed by atoms with Crippen LogP contribution in [-0.4, -0.2) is 24.5 Å². The minimum Gasteiger partial charge on any atom is -0.478 e. The van der Waals surface area contributed by atoms with E-state index in [1.165, 1.54) is 24.4 Å². The van der Waals surface area contributed by atoms with E-state index < -0.39 is 16.0 Å². The zero-order chi connectivity index (χ0) is 11.9. The third kappa shape index (κ3) is 1.66. The Balaban J connectivity index is 2.80. The van der Waals surface area contributed by atoms with Crippen LogP contribution in [0.25, 0.3) is 10.9 Å². The minimum atomic E-state index is -3.85. The number of rotatable bonds is 2. The molecule has 2 aromatic rings. The molecule has 0 unspecified atom stereocenters. The first-order valence-corrected chi connectivity index (χ1v) is 5.81. The Labute approximate surface area is 90.7 Å². The molecule has 0 saturated heterocycles. The number of primary sulfonamides is 1. The van der Waals surface area contributed by atoms with E-state index in [-0.39, 0.29) is 15.8 Å². The lowest BCUT2D eigenvalue weighted by Crippen LogP contribution is -2.11. The fourth-order valence-corrected chi connectivity index (χ4v) is 2.16. The van der Waals surface area contributed by atoms with Crippen molar-refractivity contribution in [2.45, 2.75) is 4.90 Å². The van der Waals surface area contributed by atoms with Gasteiger partial charge in [0.1, 0.15) is 4.90 Å². The number of fused-ring (bicyclic) bond motifs is 1. The topological polar surface area (TPSA) is 113 Å². The van der Waals surface area contributed by atoms with Crippen LogP contribution < -0.4 is 5.14 Å². The Morgan fingerprint density at radius 2 is 2.06 bits per heavy atom. The summed E-state index contributed by atoms with van der Waals surface area (Å²) in [7, 11) is -3.85. The van der Waals surface area contributed by atoms with Crippen LogP contribution in [0.5, 0.6) is 0 Å². The summed E-state index contributed by atoms with van der Waals surface area (Å²) in [6, 6.07) is 4.15. The van der Waals surface area contributed by atoms with Crippen LogP contribution in [0.1, 0.15) is 10.4 Å². The van der Waals surface area contributed by atoms with Crippen LogP contribution in [0, 0.1) is 0 Å². The number of aromatic amines is 1. The lowest BCUT2D eigenvalue weighted by Gasteiger charge is -1.97. The highest BCUT2D eigenvalue weighted by molar-refractivity contribution is 7.89. The molecule has 0 aliphatic carbocycles. The minimum absolute atomic E-state index is 0.0111. The van der Waals surface area contributed by atoms with Gasteiger partial charge < -0.3 is 10.1 Å². The van der Waals surface area contributed by atoms with Gasteiger partial charge in [-0.15, -0.1) is 0 Å². The van der Waals surface area contributed by atoms with Crippen molar-refractivity contribution in [3.8, 4) is 0 Å². The summed E-state index contributed by atoms with van der Waals surface area (Å²) in [5.74, 6) is -1.12. The van der Waals surface area contributed by atoms with E-state index in [0.29, 0.717) is 5.52 Å². The smallest absolute Gasteiger partial charge is 0.335 e. The van der Waals surface area contributed by atoms with E-state index in [1.807, 2.05) is 0 Å². The summed E-state index contributed by atoms with van der Waals surface area (Å²) in [5.41, 5.74) is 0.533. The molecule has 2 rings (SSSR count). The number of carboxylic acids is 1. The van der Waals surface area contributed by atoms with Gasteiger partial charge in [0.15, 0.2) is 0 Å². The summed E-state index contributed by atoms with van der Waals surface area (Å²) in [6.07, 6.45) is 1.24. The number of H-pyrrole nitrogens is 1. The van der Waals surface area contributed by atoms with Gasteiger partial charge in [0.25, 0.3) is 0 Å². The molecule has 4 N–H and O–H groups in total. The highest BCUT2D eigenvalue weighted by Gasteiger charge is 2.15. The maximum atomic E-state index is 11.2. The highest BCUT2D eigenvalue weighted by atomic mass is 32.2. The van der Waals surface area contributed by atoms with E-state index in [1.54, 1.807) is 0 Å². The maximum Gasteiger partial charge on any atom is 0.335 e. The van der Waals surface area contributed by atoms with E-state index in [4.69, 9.17) is 10.2 Å². The zero-order valence-electron chi connectivity index (χ0n) is 7.97. The number of benzene rings is 1. The van der Waals surface area contributed by atoms with Gasteiger partial charge in [0.2, 0.25) is 10.0 Å². The molecule has 0 amide bonds. The van der Waals surface area contributed by atoms with Gasteiger partial charge in [-0.05, 0) is 18.2 Å². The van der Waals surface area contributed by atoms with Crippen molar-refractivity contribution in [1.29, 1.82) is 0 Å². The third-order valence-electron chi connectivity index (χ3n) is 2.20. The lowest BCUT2D eigenvalue weighted by molar-refractivity contribution is 0.0697. The number of nitrogens with one attached hydrogen (secondary N) is 1. The fourth-order valence-electron chi connectivity index (χ4n) is 1.46. The SMILES string of the molecule is NS(=O)(=O)c1c[nH]c2ccc(C(=O)O)cc12. The van der Waals surface area contributed by atoms with E-state index in [0.717, 1.165) is 0 Å². The number of aromatic nitrogens is 1. The second-order valence-electron chi connectivity index (χ2n) is 3.26. The summed E-state index contributed by atoms with van der Waals surface area (Å²) >= 11 is 0. The Bertz CT molecular complexity index is 672. The first-order valence-electron chi connectivity index (χ1n) is 4.27. The summed E-state index contributed by atoms with van der Waals surface area (Å²) in [6.45, 7) is 0. The Hall–Kier alpha value is -1.86. The van der Waals surface area contributed by atoms with E-state index >= 15 is 0 Å². The number of nitrogens with two attached hydrogens (primary N) is 1. The van der Waals surface area contributed by atoms with Crippen molar-refractivity contribution in [3.05, 3.63) is 30.0 Å². The average molecular weight is 240 g/mol. The molecule has 16 heavy (non-hydrogen) atoms. The Morgan fingerprint density at radius 3 is 2.62 bits per heavy atom. The highest BCUT2D eigenvalue weighted by Crippen LogP contribution is 2.22. The molecular formula is C9H8N2O4S. The average Bonchev–Trinajstić information content (AvgIpc) is 2.58. The van der Waals surface area contributed by atoms with Crippen molar-refractivity contribution >= 4 is 26.9 Å². The number of sulfonamides is 1. The van der Waals surface area contributed by atoms with Crippen molar-refractivity contribution < 1.29 is 18.3 Å². The van der Waals surface area contributed by atoms with E-state index in [9.17, 15) is 13.2 Å². The molecule has 0 atom stereocenters. The van der Waals surface area contributed by atoms with Gasteiger partial charge in [-0.3, -0.25) is 0 Å². The molecular weight excluding hydrogens is 232 g/mol. The number of hydrogen-bond donors (Lipinski definition) is 3. The number of carbonyl (C=O) groups is 1. The summed E-state index contributed by atoms with van der Waals surface area (Å²) < 4.78 is 22.4. The molecule has 1 aromatic carbocycles. The normalized spacial score (nSPS) is 11.8. The van der Waals surface area contributed by atoms with E-state index in [2.05, 4.69) is 4.98 Å². The van der Waals surface area contributed by atoms with Gasteiger partial charge in [-0.25, -0.2) is 18.4 Å². The van der Waals surface area contributed by atoms with Crippen molar-refractivity contribution in [1.82, 2.24) is 4.98 Å². The van der Waals surface area contributed by atoms with Crippen LogP contribution in [0.2, 0.25) is 0 Å². The zero-order valence-corrected chi connectivity index (χ0v) is 8.78. The predicted octanol–water partition coefficient (Wildman–Crippen LogP) is 0.513. The number of hydrogen-bond acceptors (Lipinski definition) is 3. The fraction of sp³-hybridized carbons (Fsp3) is 0. The molecule has 0 aliphatic rings. The quantitative estimate of drug-likeness (QED) is 0.709. The second kappa shape index (κ2) is 3.32. The molecule has 6 nitrogen and oxygen atoms in total. The van der Waals surface area contributed by atoms with Crippen LogP contribution in [0.3, 0.4) is 0 Å². The molecule has 1 aromatic heterocycles. The largest absolute Gasteiger partial charge is 0.478 e. The second-order valence-corrected chi connectivity index (χ2v) is 4.79. The van der Waals surface area contributed by atoms with Crippen LogP contribution in [0.4, 0.5) is 0 Å². The Morgan fingerprint density at radius 1 is 1.38 bits per heavy atom. The van der Waals surface area contributed by atoms with Crippen LogP contribution in [0.15, 0.2) is 29.3 Å². The number of aromatic carboxylic acids is 1. The standard InChI is InChI=1S/C9H8N2O4S/c10-16(14,15)8-4-11-7-2-1-5(9(12)13)3-6(7)8/h1-4,11H,(H,12,13)(H2,10,14,15). The van der Waals surface area contributed by atoms with Crippen molar-refractivity contribution in [3.63, 3.8) is 0 Å². The molecule has 84 valence electrons. The van der Waals surface area contributed by atoms with Crippen molar-refractivity contribution in [2.75, 3.05) is 0 Å². The van der Waals surface area contributed by atoms with Gasteiger partial charge >= 0.3 is 5.97 Å². The van der Waals surface area contributed by atoms with Gasteiger partial charge in [-0.1, -0.05) is 0 Å². The van der Waals surface area contributed by atoms with Crippen LogP contribution >= 0.6 is 0 Å². The predicted molar refractivity (Wildman–Crippen MR) is 56.6 cm³/mol. The van der Waals surface area contributed by atoms with Gasteiger partial charge in [0, 0.05) is 17.1 Å². The van der Waals surface area contributed by atoms with Gasteiger partial charge in [-0.2, -0.15) is 0 Å². The molecule has 0 spiro atoms. The summed E-state index contributed by atoms with van der Waals surface area (Å²) in [4.78, 5) is 13.3. The monoisotopic (exact) mass is 240 g/mol. The first kappa shape index (κ1) is 10.7. The molecule has 0 aliphatic heterocycles. The maximum absolute atomic E-state index is 11.2. The van der Waals surface area contributed by atoms with Crippen molar-refractivity contribution in [2.24, 2.45) is 5.14 Å². The molecule has 0 saturated carbocycles. The molecule has 7 heteroatoms. The molecule has 0 radical (unpaired) electrons. The molecule has 1 heterocycles. The lowest BCUT2D eigenvalue weighted by atomic mass is 10.1. The third-order valence-corrected chi connectivity index (χ3v) is 3.15. The Kier molecular flexibility index (Phi) is 2.21.